The monoisotopic (exact) mass is 467 g/mol. The Morgan fingerprint density at radius 1 is 1.06 bits per heavy atom. The van der Waals surface area contributed by atoms with Crippen molar-refractivity contribution in [3.05, 3.63) is 59.4 Å². The van der Waals surface area contributed by atoms with Crippen LogP contribution in [0.25, 0.3) is 0 Å². The number of methoxy groups -OCH3 is 1. The number of benzene rings is 1. The lowest BCUT2D eigenvalue weighted by atomic mass is 9.88. The predicted octanol–water partition coefficient (Wildman–Crippen LogP) is 3.35. The zero-order valence-electron chi connectivity index (χ0n) is 19.3. The van der Waals surface area contributed by atoms with E-state index in [1.54, 1.807) is 48.4 Å². The van der Waals surface area contributed by atoms with Crippen molar-refractivity contribution in [2.45, 2.75) is 31.9 Å². The highest BCUT2D eigenvalue weighted by Crippen LogP contribution is 2.25. The second kappa shape index (κ2) is 10.9. The minimum absolute atomic E-state index is 0.0833. The zero-order chi connectivity index (χ0) is 24.1. The van der Waals surface area contributed by atoms with Crippen molar-refractivity contribution < 1.29 is 23.5 Å². The van der Waals surface area contributed by atoms with Crippen LogP contribution in [0.4, 0.5) is 4.39 Å². The van der Waals surface area contributed by atoms with Crippen molar-refractivity contribution in [2.75, 3.05) is 33.3 Å². The molecule has 2 fully saturated rings. The normalized spacial score (nSPS) is 21.2. The summed E-state index contributed by atoms with van der Waals surface area (Å²) in [5, 5.41) is 2.99. The molecule has 180 valence electrons. The van der Waals surface area contributed by atoms with Gasteiger partial charge in [0.05, 0.1) is 7.11 Å². The van der Waals surface area contributed by atoms with Gasteiger partial charge in [-0.2, -0.15) is 0 Å². The molecule has 0 aliphatic carbocycles. The van der Waals surface area contributed by atoms with Crippen molar-refractivity contribution in [1.29, 1.82) is 0 Å². The molecule has 2 atom stereocenters. The second-order valence-electron chi connectivity index (χ2n) is 8.99. The topological polar surface area (TPSA) is 88.6 Å². The third-order valence-electron chi connectivity index (χ3n) is 6.82. The Morgan fingerprint density at radius 2 is 1.76 bits per heavy atom. The molecule has 2 aromatic rings. The van der Waals surface area contributed by atoms with Gasteiger partial charge in [0, 0.05) is 49.3 Å². The molecule has 1 aromatic heterocycles. The second-order valence-corrected chi connectivity index (χ2v) is 8.99. The number of likely N-dealkylation sites (tertiary alicyclic amines) is 1. The molecule has 0 saturated carbocycles. The Kier molecular flexibility index (Phi) is 7.67. The molecule has 8 heteroatoms. The van der Waals surface area contributed by atoms with Crippen molar-refractivity contribution in [2.24, 2.45) is 11.8 Å². The molecule has 4 rings (SSSR count). The van der Waals surface area contributed by atoms with Crippen LogP contribution in [0, 0.1) is 11.8 Å². The molecule has 7 nitrogen and oxygen atoms in total. The smallest absolute Gasteiger partial charge is 0.272 e. The first-order chi connectivity index (χ1) is 16.5. The van der Waals surface area contributed by atoms with Crippen LogP contribution in [-0.2, 0) is 0 Å². The Morgan fingerprint density at radius 3 is 2.38 bits per heavy atom. The number of ketones is 2. The number of aromatic nitrogens is 1. The molecule has 0 unspecified atom stereocenters. The molecular weight excluding hydrogens is 437 g/mol. The molecule has 1 amide bonds. The van der Waals surface area contributed by atoms with Crippen molar-refractivity contribution >= 4 is 17.5 Å². The summed E-state index contributed by atoms with van der Waals surface area (Å²) in [6.45, 7) is 1.95. The van der Waals surface area contributed by atoms with Gasteiger partial charge in [0.25, 0.3) is 5.91 Å². The zero-order valence-corrected chi connectivity index (χ0v) is 19.3. The first kappa shape index (κ1) is 24.0. The van der Waals surface area contributed by atoms with E-state index >= 15 is 0 Å². The highest BCUT2D eigenvalue weighted by Gasteiger charge is 2.30. The number of amides is 1. The van der Waals surface area contributed by atoms with Gasteiger partial charge >= 0.3 is 0 Å². The lowest BCUT2D eigenvalue weighted by molar-refractivity contribution is 0.0645. The SMILES string of the molecule is COc1ccc(C(=O)C2CCN(C(=O)c3ccc(C(=O)C[C@@H]4CCNC[C@H]4F)cn3)CC2)cc1. The summed E-state index contributed by atoms with van der Waals surface area (Å²) < 4.78 is 19.1. The summed E-state index contributed by atoms with van der Waals surface area (Å²) in [6, 6.07) is 10.2. The summed E-state index contributed by atoms with van der Waals surface area (Å²) in [7, 11) is 1.58. The molecular formula is C26H30FN3O4. The maximum absolute atomic E-state index is 14.0. The van der Waals surface area contributed by atoms with Gasteiger partial charge in [-0.3, -0.25) is 19.4 Å². The van der Waals surface area contributed by atoms with Crippen molar-refractivity contribution in [1.82, 2.24) is 15.2 Å². The predicted molar refractivity (Wildman–Crippen MR) is 125 cm³/mol. The number of alkyl halides is 1. The number of hydrogen-bond acceptors (Lipinski definition) is 6. The van der Waals surface area contributed by atoms with Gasteiger partial charge in [0.15, 0.2) is 11.6 Å². The number of ether oxygens (including phenoxy) is 1. The van der Waals surface area contributed by atoms with E-state index in [4.69, 9.17) is 4.74 Å². The molecule has 0 bridgehead atoms. The average molecular weight is 468 g/mol. The lowest BCUT2D eigenvalue weighted by Gasteiger charge is -2.31. The van der Waals surface area contributed by atoms with Gasteiger partial charge in [-0.15, -0.1) is 0 Å². The number of piperidine rings is 2. The van der Waals surface area contributed by atoms with Gasteiger partial charge in [-0.1, -0.05) is 0 Å². The van der Waals surface area contributed by atoms with Gasteiger partial charge < -0.3 is 15.0 Å². The number of nitrogens with zero attached hydrogens (tertiary/aromatic N) is 2. The number of halogens is 1. The average Bonchev–Trinajstić information content (AvgIpc) is 2.89. The lowest BCUT2D eigenvalue weighted by Crippen LogP contribution is -2.40. The van der Waals surface area contributed by atoms with Crippen LogP contribution >= 0.6 is 0 Å². The van der Waals surface area contributed by atoms with Gasteiger partial charge in [0.2, 0.25) is 0 Å². The number of hydrogen-bond donors (Lipinski definition) is 1. The van der Waals surface area contributed by atoms with E-state index in [0.717, 1.165) is 0 Å². The van der Waals surface area contributed by atoms with E-state index < -0.39 is 6.17 Å². The summed E-state index contributed by atoms with van der Waals surface area (Å²) in [4.78, 5) is 44.1. The van der Waals surface area contributed by atoms with Crippen molar-refractivity contribution in [3.63, 3.8) is 0 Å². The first-order valence-corrected chi connectivity index (χ1v) is 11.8. The van der Waals surface area contributed by atoms with Gasteiger partial charge in [-0.25, -0.2) is 4.39 Å². The third kappa shape index (κ3) is 5.50. The number of carbonyl (C=O) groups is 3. The molecule has 0 radical (unpaired) electrons. The fourth-order valence-electron chi connectivity index (χ4n) is 4.64. The minimum atomic E-state index is -1.02. The molecule has 1 aromatic carbocycles. The molecule has 2 aliphatic rings. The van der Waals surface area contributed by atoms with Crippen LogP contribution in [0.2, 0.25) is 0 Å². The molecule has 2 aliphatic heterocycles. The van der Waals surface area contributed by atoms with Crippen molar-refractivity contribution in [3.8, 4) is 5.75 Å². The number of rotatable bonds is 7. The fraction of sp³-hybridized carbons (Fsp3) is 0.462. The third-order valence-corrected chi connectivity index (χ3v) is 6.82. The van der Waals surface area contributed by atoms with Crippen LogP contribution in [0.1, 0.15) is 56.9 Å². The molecule has 2 saturated heterocycles. The van der Waals surface area contributed by atoms with Crippen LogP contribution in [-0.4, -0.2) is 66.8 Å². The summed E-state index contributed by atoms with van der Waals surface area (Å²) >= 11 is 0. The Labute approximate surface area is 198 Å². The summed E-state index contributed by atoms with van der Waals surface area (Å²) in [5.41, 5.74) is 1.31. The van der Waals surface area contributed by atoms with E-state index in [9.17, 15) is 18.8 Å². The molecule has 3 heterocycles. The summed E-state index contributed by atoms with van der Waals surface area (Å²) in [5.74, 6) is 0.0159. The van der Waals surface area contributed by atoms with Crippen LogP contribution in [0.3, 0.4) is 0 Å². The van der Waals surface area contributed by atoms with E-state index in [0.29, 0.717) is 55.8 Å². The number of nitrogens with one attached hydrogen (secondary N) is 1. The van der Waals surface area contributed by atoms with Gasteiger partial charge in [-0.05, 0) is 68.1 Å². The molecule has 1 N–H and O–H groups in total. The fourth-order valence-corrected chi connectivity index (χ4v) is 4.64. The number of Topliss-reactive ketones (excluding diaryl/α,β-unsaturated/α-hetero) is 2. The largest absolute Gasteiger partial charge is 0.497 e. The maximum atomic E-state index is 14.0. The van der Waals surface area contributed by atoms with E-state index in [2.05, 4.69) is 10.3 Å². The standard InChI is InChI=1S/C26H30FN3O4/c1-34-21-5-2-17(3-6-21)25(32)18-9-12-30(13-10-18)26(33)23-7-4-20(15-29-23)24(31)14-19-8-11-28-16-22(19)27/h2-7,15,18-19,22,28H,8-14,16H2,1H3/t19-,22+/m0/s1. The Bertz CT molecular complexity index is 1020. The maximum Gasteiger partial charge on any atom is 0.272 e. The first-order valence-electron chi connectivity index (χ1n) is 11.8. The van der Waals surface area contributed by atoms with Crippen LogP contribution in [0.15, 0.2) is 42.6 Å². The molecule has 34 heavy (non-hydrogen) atoms. The Balaban J connectivity index is 1.30. The van der Waals surface area contributed by atoms with E-state index in [1.165, 1.54) is 6.20 Å². The van der Waals surface area contributed by atoms with Crippen LogP contribution in [0.5, 0.6) is 5.75 Å². The minimum Gasteiger partial charge on any atom is -0.497 e. The summed E-state index contributed by atoms with van der Waals surface area (Å²) in [6.07, 6.45) is 2.35. The van der Waals surface area contributed by atoms with E-state index in [1.807, 2.05) is 0 Å². The number of pyridine rings is 1. The number of carbonyl (C=O) groups excluding carboxylic acids is 3. The van der Waals surface area contributed by atoms with Gasteiger partial charge in [0.1, 0.15) is 17.6 Å². The van der Waals surface area contributed by atoms with Crippen LogP contribution < -0.4 is 10.1 Å². The highest BCUT2D eigenvalue weighted by molar-refractivity contribution is 5.99. The Hall–Kier alpha value is -3.13. The highest BCUT2D eigenvalue weighted by atomic mass is 19.1. The molecule has 0 spiro atoms. The van der Waals surface area contributed by atoms with E-state index in [-0.39, 0.29) is 48.0 Å². The quantitative estimate of drug-likeness (QED) is 0.629.